The molecule has 0 aliphatic carbocycles. The van der Waals surface area contributed by atoms with E-state index >= 15 is 0 Å². The SMILES string of the molecule is O=C(COC(=O)[C@@H]1COc2ccccc2O1)Nc1ccc(Br)cc1. The number of carbonyl (C=O) groups is 2. The molecule has 24 heavy (non-hydrogen) atoms. The van der Waals surface area contributed by atoms with Gasteiger partial charge in [-0.3, -0.25) is 4.79 Å². The van der Waals surface area contributed by atoms with Crippen molar-refractivity contribution < 1.29 is 23.8 Å². The molecule has 1 heterocycles. The van der Waals surface area contributed by atoms with Gasteiger partial charge in [-0.05, 0) is 36.4 Å². The molecular formula is C17H14BrNO5. The average Bonchev–Trinajstić information content (AvgIpc) is 2.61. The van der Waals surface area contributed by atoms with E-state index in [0.29, 0.717) is 17.2 Å². The Hall–Kier alpha value is -2.54. The van der Waals surface area contributed by atoms with Crippen molar-refractivity contribution in [3.8, 4) is 11.5 Å². The van der Waals surface area contributed by atoms with Crippen LogP contribution in [0.15, 0.2) is 53.0 Å². The molecule has 7 heteroatoms. The lowest BCUT2D eigenvalue weighted by molar-refractivity contribution is -0.156. The first-order valence-electron chi connectivity index (χ1n) is 7.22. The normalized spacial score (nSPS) is 15.5. The number of esters is 1. The van der Waals surface area contributed by atoms with Crippen molar-refractivity contribution in [2.24, 2.45) is 0 Å². The highest BCUT2D eigenvalue weighted by molar-refractivity contribution is 9.10. The number of carbonyl (C=O) groups excluding carboxylic acids is 2. The number of halogens is 1. The lowest BCUT2D eigenvalue weighted by atomic mass is 10.2. The summed E-state index contributed by atoms with van der Waals surface area (Å²) in [5, 5.41) is 2.63. The summed E-state index contributed by atoms with van der Waals surface area (Å²) in [6.07, 6.45) is -0.889. The third kappa shape index (κ3) is 4.05. The maximum Gasteiger partial charge on any atom is 0.351 e. The van der Waals surface area contributed by atoms with E-state index in [-0.39, 0.29) is 6.61 Å². The van der Waals surface area contributed by atoms with E-state index in [4.69, 9.17) is 14.2 Å². The molecule has 0 spiro atoms. The number of rotatable bonds is 4. The Morgan fingerprint density at radius 1 is 1.12 bits per heavy atom. The van der Waals surface area contributed by atoms with E-state index in [1.54, 1.807) is 42.5 Å². The van der Waals surface area contributed by atoms with Gasteiger partial charge < -0.3 is 19.5 Å². The minimum absolute atomic E-state index is 0.0458. The van der Waals surface area contributed by atoms with Crippen LogP contribution in [0.4, 0.5) is 5.69 Å². The lowest BCUT2D eigenvalue weighted by Crippen LogP contribution is -2.39. The molecule has 3 rings (SSSR count). The topological polar surface area (TPSA) is 73.9 Å². The van der Waals surface area contributed by atoms with Gasteiger partial charge in [0.05, 0.1) is 0 Å². The second-order valence-corrected chi connectivity index (χ2v) is 5.94. The van der Waals surface area contributed by atoms with Gasteiger partial charge in [-0.15, -0.1) is 0 Å². The molecule has 1 atom stereocenters. The van der Waals surface area contributed by atoms with Crippen molar-refractivity contribution in [2.45, 2.75) is 6.10 Å². The van der Waals surface area contributed by atoms with Gasteiger partial charge in [0.15, 0.2) is 18.1 Å². The molecule has 1 amide bonds. The number of benzene rings is 2. The molecule has 0 saturated heterocycles. The molecule has 1 aliphatic heterocycles. The van der Waals surface area contributed by atoms with Crippen LogP contribution >= 0.6 is 15.9 Å². The van der Waals surface area contributed by atoms with E-state index in [1.807, 2.05) is 6.07 Å². The summed E-state index contributed by atoms with van der Waals surface area (Å²) in [5.74, 6) is -0.0159. The quantitative estimate of drug-likeness (QED) is 0.811. The van der Waals surface area contributed by atoms with Crippen LogP contribution in [0.2, 0.25) is 0 Å². The first-order valence-corrected chi connectivity index (χ1v) is 8.01. The van der Waals surface area contributed by atoms with Crippen LogP contribution in [0.5, 0.6) is 11.5 Å². The molecule has 0 saturated carbocycles. The van der Waals surface area contributed by atoms with Crippen LogP contribution in [0, 0.1) is 0 Å². The Labute approximate surface area is 146 Å². The standard InChI is InChI=1S/C17H14BrNO5/c18-11-5-7-12(8-6-11)19-16(20)10-23-17(21)15-9-22-13-3-1-2-4-14(13)24-15/h1-8,15H,9-10H2,(H,19,20)/t15-/m0/s1. The minimum atomic E-state index is -0.889. The van der Waals surface area contributed by atoms with Crippen molar-refractivity contribution in [1.29, 1.82) is 0 Å². The van der Waals surface area contributed by atoms with Crippen LogP contribution < -0.4 is 14.8 Å². The molecule has 1 N–H and O–H groups in total. The number of hydrogen-bond acceptors (Lipinski definition) is 5. The molecule has 6 nitrogen and oxygen atoms in total. The maximum atomic E-state index is 12.0. The van der Waals surface area contributed by atoms with Crippen molar-refractivity contribution >= 4 is 33.5 Å². The van der Waals surface area contributed by atoms with Gasteiger partial charge in [-0.25, -0.2) is 4.79 Å². The Bertz CT molecular complexity index is 747. The number of amides is 1. The fraction of sp³-hybridized carbons (Fsp3) is 0.176. The second-order valence-electron chi connectivity index (χ2n) is 5.03. The van der Waals surface area contributed by atoms with E-state index < -0.39 is 24.6 Å². The fourth-order valence-electron chi connectivity index (χ4n) is 2.10. The summed E-state index contributed by atoms with van der Waals surface area (Å²) in [5.41, 5.74) is 0.616. The predicted octanol–water partition coefficient (Wildman–Crippen LogP) is 2.77. The van der Waals surface area contributed by atoms with Crippen LogP contribution in [-0.2, 0) is 14.3 Å². The summed E-state index contributed by atoms with van der Waals surface area (Å²) in [6, 6.07) is 14.1. The number of anilines is 1. The molecular weight excluding hydrogens is 378 g/mol. The Balaban J connectivity index is 1.49. The zero-order valence-electron chi connectivity index (χ0n) is 12.5. The lowest BCUT2D eigenvalue weighted by Gasteiger charge is -2.24. The van der Waals surface area contributed by atoms with Crippen LogP contribution in [0.1, 0.15) is 0 Å². The first-order chi connectivity index (χ1) is 11.6. The molecule has 2 aromatic rings. The zero-order valence-corrected chi connectivity index (χ0v) is 14.1. The Morgan fingerprint density at radius 2 is 1.83 bits per heavy atom. The number of hydrogen-bond donors (Lipinski definition) is 1. The van der Waals surface area contributed by atoms with E-state index in [0.717, 1.165) is 4.47 Å². The summed E-state index contributed by atoms with van der Waals surface area (Å²) < 4.78 is 16.9. The number of nitrogens with one attached hydrogen (secondary N) is 1. The average molecular weight is 392 g/mol. The number of fused-ring (bicyclic) bond motifs is 1. The molecule has 0 bridgehead atoms. The molecule has 0 aromatic heterocycles. The zero-order chi connectivity index (χ0) is 16.9. The van der Waals surface area contributed by atoms with E-state index in [1.165, 1.54) is 0 Å². The summed E-state index contributed by atoms with van der Waals surface area (Å²) in [6.45, 7) is -0.347. The number of para-hydroxylation sites is 2. The molecule has 1 aliphatic rings. The van der Waals surface area contributed by atoms with Crippen LogP contribution in [0.3, 0.4) is 0 Å². The molecule has 0 fully saturated rings. The van der Waals surface area contributed by atoms with Gasteiger partial charge in [0.1, 0.15) is 6.61 Å². The molecule has 2 aromatic carbocycles. The third-order valence-electron chi connectivity index (χ3n) is 3.24. The summed E-state index contributed by atoms with van der Waals surface area (Å²) in [4.78, 5) is 23.8. The number of ether oxygens (including phenoxy) is 3. The van der Waals surface area contributed by atoms with Gasteiger partial charge in [-0.1, -0.05) is 28.1 Å². The van der Waals surface area contributed by atoms with E-state index in [9.17, 15) is 9.59 Å². The van der Waals surface area contributed by atoms with Crippen LogP contribution in [-0.4, -0.2) is 31.2 Å². The highest BCUT2D eigenvalue weighted by atomic mass is 79.9. The largest absolute Gasteiger partial charge is 0.485 e. The fourth-order valence-corrected chi connectivity index (χ4v) is 2.36. The van der Waals surface area contributed by atoms with Crippen LogP contribution in [0.25, 0.3) is 0 Å². The summed E-state index contributed by atoms with van der Waals surface area (Å²) >= 11 is 3.31. The smallest absolute Gasteiger partial charge is 0.351 e. The maximum absolute atomic E-state index is 12.0. The predicted molar refractivity (Wildman–Crippen MR) is 90.1 cm³/mol. The first kappa shape index (κ1) is 16.3. The highest BCUT2D eigenvalue weighted by Crippen LogP contribution is 2.31. The van der Waals surface area contributed by atoms with Crippen molar-refractivity contribution in [3.63, 3.8) is 0 Å². The summed E-state index contributed by atoms with van der Waals surface area (Å²) in [7, 11) is 0. The molecule has 0 radical (unpaired) electrons. The van der Waals surface area contributed by atoms with Crippen molar-refractivity contribution in [3.05, 3.63) is 53.0 Å². The Kier molecular flexibility index (Phi) is 5.00. The Morgan fingerprint density at radius 3 is 2.58 bits per heavy atom. The molecule has 124 valence electrons. The third-order valence-corrected chi connectivity index (χ3v) is 3.77. The second kappa shape index (κ2) is 7.35. The van der Waals surface area contributed by atoms with Gasteiger partial charge in [0.25, 0.3) is 5.91 Å². The van der Waals surface area contributed by atoms with Gasteiger partial charge in [-0.2, -0.15) is 0 Å². The van der Waals surface area contributed by atoms with Crippen molar-refractivity contribution in [1.82, 2.24) is 0 Å². The highest BCUT2D eigenvalue weighted by Gasteiger charge is 2.29. The molecule has 0 unspecified atom stereocenters. The van der Waals surface area contributed by atoms with Gasteiger partial charge in [0.2, 0.25) is 6.10 Å². The monoisotopic (exact) mass is 391 g/mol. The van der Waals surface area contributed by atoms with Gasteiger partial charge >= 0.3 is 5.97 Å². The van der Waals surface area contributed by atoms with Gasteiger partial charge in [0, 0.05) is 10.2 Å². The van der Waals surface area contributed by atoms with E-state index in [2.05, 4.69) is 21.2 Å². The van der Waals surface area contributed by atoms with Crippen molar-refractivity contribution in [2.75, 3.05) is 18.5 Å². The minimum Gasteiger partial charge on any atom is -0.485 e.